The lowest BCUT2D eigenvalue weighted by Crippen LogP contribution is -2.41. The SMILES string of the molecule is CC(C)Cn1c(=O)c2sccc2n2c(CCC(=O)NC3CCCCC3C)nnc12. The first-order valence-corrected chi connectivity index (χ1v) is 11.5. The number of rotatable bonds is 6. The van der Waals surface area contributed by atoms with Crippen LogP contribution in [0.25, 0.3) is 16.0 Å². The Hall–Kier alpha value is -2.22. The molecule has 156 valence electrons. The van der Waals surface area contributed by atoms with Crippen molar-refractivity contribution < 1.29 is 4.79 Å². The van der Waals surface area contributed by atoms with E-state index in [-0.39, 0.29) is 17.5 Å². The topological polar surface area (TPSA) is 81.3 Å². The van der Waals surface area contributed by atoms with Crippen molar-refractivity contribution in [2.45, 2.75) is 71.9 Å². The average molecular weight is 416 g/mol. The van der Waals surface area contributed by atoms with Crippen molar-refractivity contribution in [1.82, 2.24) is 24.5 Å². The molecule has 1 amide bonds. The van der Waals surface area contributed by atoms with Crippen LogP contribution in [0.4, 0.5) is 0 Å². The van der Waals surface area contributed by atoms with Crippen LogP contribution in [0, 0.1) is 11.8 Å². The zero-order valence-electron chi connectivity index (χ0n) is 17.4. The summed E-state index contributed by atoms with van der Waals surface area (Å²) in [4.78, 5) is 25.4. The van der Waals surface area contributed by atoms with E-state index in [2.05, 4.69) is 36.3 Å². The van der Waals surface area contributed by atoms with Crippen LogP contribution >= 0.6 is 11.3 Å². The molecule has 0 radical (unpaired) electrons. The Bertz CT molecular complexity index is 1080. The molecule has 0 saturated heterocycles. The van der Waals surface area contributed by atoms with E-state index in [9.17, 15) is 9.59 Å². The molecule has 3 aromatic heterocycles. The summed E-state index contributed by atoms with van der Waals surface area (Å²) in [7, 11) is 0. The summed E-state index contributed by atoms with van der Waals surface area (Å²) >= 11 is 1.44. The highest BCUT2D eigenvalue weighted by molar-refractivity contribution is 7.17. The fourth-order valence-electron chi connectivity index (χ4n) is 4.31. The molecule has 7 nitrogen and oxygen atoms in total. The number of hydrogen-bond donors (Lipinski definition) is 1. The van der Waals surface area contributed by atoms with Gasteiger partial charge in [-0.15, -0.1) is 21.5 Å². The average Bonchev–Trinajstić information content (AvgIpc) is 3.32. The molecular formula is C21H29N5O2S. The van der Waals surface area contributed by atoms with Crippen LogP contribution in [-0.2, 0) is 17.8 Å². The number of carbonyl (C=O) groups excluding carboxylic acids is 1. The molecule has 0 aromatic carbocycles. The van der Waals surface area contributed by atoms with Crippen molar-refractivity contribution in [1.29, 1.82) is 0 Å². The molecule has 0 aliphatic heterocycles. The molecule has 1 N–H and O–H groups in total. The molecule has 3 aromatic rings. The van der Waals surface area contributed by atoms with Gasteiger partial charge in [0, 0.05) is 25.4 Å². The third-order valence-corrected chi connectivity index (χ3v) is 6.75. The van der Waals surface area contributed by atoms with Gasteiger partial charge in [0.25, 0.3) is 5.56 Å². The summed E-state index contributed by atoms with van der Waals surface area (Å²) in [6.07, 6.45) is 5.57. The summed E-state index contributed by atoms with van der Waals surface area (Å²) in [5, 5.41) is 13.8. The number of thiophene rings is 1. The van der Waals surface area contributed by atoms with Crippen molar-refractivity contribution in [3.8, 4) is 0 Å². The predicted octanol–water partition coefficient (Wildman–Crippen LogP) is 3.39. The number of aromatic nitrogens is 4. The molecule has 1 aliphatic carbocycles. The zero-order valence-corrected chi connectivity index (χ0v) is 18.2. The molecule has 1 aliphatic rings. The first-order valence-electron chi connectivity index (χ1n) is 10.6. The van der Waals surface area contributed by atoms with Crippen LogP contribution in [0.15, 0.2) is 16.2 Å². The smallest absolute Gasteiger partial charge is 0.272 e. The number of carbonyl (C=O) groups is 1. The third kappa shape index (κ3) is 3.95. The van der Waals surface area contributed by atoms with Crippen molar-refractivity contribution in [3.05, 3.63) is 27.6 Å². The molecule has 3 heterocycles. The molecule has 1 saturated carbocycles. The summed E-state index contributed by atoms with van der Waals surface area (Å²) in [5.41, 5.74) is 0.815. The standard InChI is InChI=1S/C21H29N5O2S/c1-13(2)12-25-20(28)19-16(10-11-29-19)26-17(23-24-21(25)26)8-9-18(27)22-15-7-5-4-6-14(15)3/h10-11,13-15H,4-9,12H2,1-3H3,(H,22,27). The lowest BCUT2D eigenvalue weighted by atomic mass is 9.86. The van der Waals surface area contributed by atoms with Gasteiger partial charge in [-0.1, -0.05) is 33.6 Å². The Balaban J connectivity index is 1.59. The summed E-state index contributed by atoms with van der Waals surface area (Å²) in [6, 6.07) is 2.22. The van der Waals surface area contributed by atoms with Crippen molar-refractivity contribution in [2.24, 2.45) is 11.8 Å². The van der Waals surface area contributed by atoms with Gasteiger partial charge in [-0.05, 0) is 36.1 Å². The summed E-state index contributed by atoms with van der Waals surface area (Å²) < 4.78 is 4.37. The van der Waals surface area contributed by atoms with Crippen LogP contribution in [-0.4, -0.2) is 31.1 Å². The number of hydrogen-bond acceptors (Lipinski definition) is 5. The fourth-order valence-corrected chi connectivity index (χ4v) is 5.13. The first kappa shape index (κ1) is 20.1. The number of fused-ring (bicyclic) bond motifs is 3. The van der Waals surface area contributed by atoms with E-state index < -0.39 is 0 Å². The molecule has 0 bridgehead atoms. The molecule has 0 spiro atoms. The summed E-state index contributed by atoms with van der Waals surface area (Å²) in [6.45, 7) is 6.97. The van der Waals surface area contributed by atoms with E-state index in [1.807, 2.05) is 15.8 Å². The Kier molecular flexibility index (Phi) is 5.72. The van der Waals surface area contributed by atoms with Crippen LogP contribution in [0.3, 0.4) is 0 Å². The van der Waals surface area contributed by atoms with Gasteiger partial charge in [-0.25, -0.2) is 0 Å². The Labute approximate surface area is 174 Å². The van der Waals surface area contributed by atoms with Gasteiger partial charge in [0.1, 0.15) is 10.5 Å². The van der Waals surface area contributed by atoms with Crippen molar-refractivity contribution in [2.75, 3.05) is 0 Å². The third-order valence-electron chi connectivity index (χ3n) is 5.86. The highest BCUT2D eigenvalue weighted by atomic mass is 32.1. The van der Waals surface area contributed by atoms with E-state index in [1.54, 1.807) is 4.57 Å². The molecule has 8 heteroatoms. The lowest BCUT2D eigenvalue weighted by molar-refractivity contribution is -0.122. The van der Waals surface area contributed by atoms with Gasteiger partial charge in [0.15, 0.2) is 0 Å². The minimum atomic E-state index is -0.0146. The lowest BCUT2D eigenvalue weighted by Gasteiger charge is -2.29. The highest BCUT2D eigenvalue weighted by Crippen LogP contribution is 2.24. The second kappa shape index (κ2) is 8.26. The maximum Gasteiger partial charge on any atom is 0.272 e. The maximum atomic E-state index is 12.9. The molecule has 4 rings (SSSR count). The van der Waals surface area contributed by atoms with Gasteiger partial charge < -0.3 is 5.32 Å². The number of nitrogens with one attached hydrogen (secondary N) is 1. The van der Waals surface area contributed by atoms with Crippen LogP contribution in [0.1, 0.15) is 58.7 Å². The second-order valence-electron chi connectivity index (χ2n) is 8.63. The fraction of sp³-hybridized carbons (Fsp3) is 0.619. The molecule has 29 heavy (non-hydrogen) atoms. The normalized spacial score (nSPS) is 20.0. The van der Waals surface area contributed by atoms with Crippen LogP contribution in [0.2, 0.25) is 0 Å². The monoisotopic (exact) mass is 415 g/mol. The van der Waals surface area contributed by atoms with Crippen molar-refractivity contribution >= 4 is 33.2 Å². The van der Waals surface area contributed by atoms with Gasteiger partial charge in [0.05, 0.1) is 5.52 Å². The minimum absolute atomic E-state index is 0.0146. The van der Waals surface area contributed by atoms with E-state index in [1.165, 1.54) is 30.6 Å². The number of amides is 1. The van der Waals surface area contributed by atoms with Crippen molar-refractivity contribution in [3.63, 3.8) is 0 Å². The minimum Gasteiger partial charge on any atom is -0.353 e. The highest BCUT2D eigenvalue weighted by Gasteiger charge is 2.23. The summed E-state index contributed by atoms with van der Waals surface area (Å²) in [5.74, 6) is 2.21. The molecular weight excluding hydrogens is 386 g/mol. The van der Waals surface area contributed by atoms with E-state index in [4.69, 9.17) is 0 Å². The Morgan fingerprint density at radius 1 is 1.31 bits per heavy atom. The van der Waals surface area contributed by atoms with Gasteiger partial charge in [-0.2, -0.15) is 0 Å². The van der Waals surface area contributed by atoms with E-state index >= 15 is 0 Å². The largest absolute Gasteiger partial charge is 0.353 e. The quantitative estimate of drug-likeness (QED) is 0.669. The molecule has 2 unspecified atom stereocenters. The van der Waals surface area contributed by atoms with Crippen LogP contribution < -0.4 is 10.9 Å². The second-order valence-corrected chi connectivity index (χ2v) is 9.55. The Morgan fingerprint density at radius 2 is 2.10 bits per heavy atom. The number of aryl methyl sites for hydroxylation is 1. The molecule has 1 fully saturated rings. The first-order chi connectivity index (χ1) is 14.0. The van der Waals surface area contributed by atoms with Gasteiger partial charge >= 0.3 is 0 Å². The van der Waals surface area contributed by atoms with Gasteiger partial charge in [-0.3, -0.25) is 18.6 Å². The van der Waals surface area contributed by atoms with Gasteiger partial charge in [0.2, 0.25) is 11.7 Å². The molecule has 2 atom stereocenters. The maximum absolute atomic E-state index is 12.9. The number of nitrogens with zero attached hydrogens (tertiary/aromatic N) is 4. The zero-order chi connectivity index (χ0) is 20.5. The Morgan fingerprint density at radius 3 is 2.86 bits per heavy atom. The van der Waals surface area contributed by atoms with Crippen LogP contribution in [0.5, 0.6) is 0 Å². The van der Waals surface area contributed by atoms with E-state index in [0.717, 1.165) is 17.8 Å². The predicted molar refractivity (Wildman–Crippen MR) is 115 cm³/mol. The van der Waals surface area contributed by atoms with E-state index in [0.29, 0.717) is 41.7 Å².